The van der Waals surface area contributed by atoms with Gasteiger partial charge in [0, 0.05) is 37.7 Å². The Morgan fingerprint density at radius 3 is 2.79 bits per heavy atom. The topological polar surface area (TPSA) is 108 Å². The zero-order valence-electron chi connectivity index (χ0n) is 12.7. The summed E-state index contributed by atoms with van der Waals surface area (Å²) in [4.78, 5) is 27.4. The molecule has 24 heavy (non-hydrogen) atoms. The van der Waals surface area contributed by atoms with E-state index in [-0.39, 0.29) is 17.2 Å². The van der Waals surface area contributed by atoms with E-state index in [1.54, 1.807) is 47.7 Å². The lowest BCUT2D eigenvalue weighted by molar-refractivity contribution is 0.0946. The molecule has 9 nitrogen and oxygen atoms in total. The number of hydrogen-bond acceptors (Lipinski definition) is 6. The number of carbonyl (C=O) groups is 1. The zero-order valence-corrected chi connectivity index (χ0v) is 12.7. The SMILES string of the molecule is O=C(NCCCn1ncccc1=O)c1ccc(-n2ccnc2)nn1. The molecule has 0 unspecified atom stereocenters. The van der Waals surface area contributed by atoms with Crippen LogP contribution in [-0.4, -0.2) is 42.0 Å². The van der Waals surface area contributed by atoms with Crippen molar-refractivity contribution < 1.29 is 4.79 Å². The largest absolute Gasteiger partial charge is 0.351 e. The molecule has 3 aromatic heterocycles. The predicted octanol–water partition coefficient (Wildman–Crippen LogP) is 0.0391. The minimum Gasteiger partial charge on any atom is -0.351 e. The summed E-state index contributed by atoms with van der Waals surface area (Å²) in [6.45, 7) is 0.845. The number of hydrogen-bond donors (Lipinski definition) is 1. The van der Waals surface area contributed by atoms with Crippen LogP contribution < -0.4 is 10.9 Å². The van der Waals surface area contributed by atoms with Gasteiger partial charge in [-0.25, -0.2) is 9.67 Å². The molecule has 3 heterocycles. The number of amides is 1. The normalized spacial score (nSPS) is 10.5. The Morgan fingerprint density at radius 2 is 2.08 bits per heavy atom. The fraction of sp³-hybridized carbons (Fsp3) is 0.200. The molecule has 3 rings (SSSR count). The van der Waals surface area contributed by atoms with Gasteiger partial charge in [-0.3, -0.25) is 14.2 Å². The van der Waals surface area contributed by atoms with Crippen LogP contribution >= 0.6 is 0 Å². The van der Waals surface area contributed by atoms with Crippen molar-refractivity contribution >= 4 is 5.91 Å². The van der Waals surface area contributed by atoms with Crippen molar-refractivity contribution in [1.82, 2.24) is 34.8 Å². The van der Waals surface area contributed by atoms with E-state index in [1.165, 1.54) is 10.7 Å². The number of rotatable bonds is 6. The minimum absolute atomic E-state index is 0.162. The average Bonchev–Trinajstić information content (AvgIpc) is 3.15. The molecule has 0 aliphatic rings. The number of aromatic nitrogens is 6. The van der Waals surface area contributed by atoms with Gasteiger partial charge in [-0.2, -0.15) is 5.10 Å². The highest BCUT2D eigenvalue weighted by atomic mass is 16.2. The summed E-state index contributed by atoms with van der Waals surface area (Å²) in [6.07, 6.45) is 7.11. The van der Waals surface area contributed by atoms with Crippen LogP contribution in [0.3, 0.4) is 0 Å². The van der Waals surface area contributed by atoms with Gasteiger partial charge in [0.25, 0.3) is 11.5 Å². The predicted molar refractivity (Wildman–Crippen MR) is 84.6 cm³/mol. The summed E-state index contributed by atoms with van der Waals surface area (Å²) in [5, 5.41) is 14.6. The third-order valence-electron chi connectivity index (χ3n) is 3.27. The summed E-state index contributed by atoms with van der Waals surface area (Å²) in [5.41, 5.74) is 0.0682. The molecule has 0 spiro atoms. The second-order valence-electron chi connectivity index (χ2n) is 4.94. The average molecular weight is 325 g/mol. The molecule has 0 saturated carbocycles. The van der Waals surface area contributed by atoms with Crippen molar-refractivity contribution in [3.05, 3.63) is 65.2 Å². The van der Waals surface area contributed by atoms with Gasteiger partial charge in [0.05, 0.1) is 0 Å². The Hall–Kier alpha value is -3.36. The molecule has 1 N–H and O–H groups in total. The van der Waals surface area contributed by atoms with Gasteiger partial charge in [0.15, 0.2) is 11.5 Å². The number of carbonyl (C=O) groups excluding carboxylic acids is 1. The highest BCUT2D eigenvalue weighted by Crippen LogP contribution is 2.02. The van der Waals surface area contributed by atoms with Crippen LogP contribution in [0, 0.1) is 0 Å². The van der Waals surface area contributed by atoms with Crippen LogP contribution in [0.1, 0.15) is 16.9 Å². The Morgan fingerprint density at radius 1 is 1.17 bits per heavy atom. The second kappa shape index (κ2) is 7.27. The van der Waals surface area contributed by atoms with Crippen LogP contribution in [0.5, 0.6) is 0 Å². The first-order valence-electron chi connectivity index (χ1n) is 7.36. The fourth-order valence-corrected chi connectivity index (χ4v) is 2.06. The fourth-order valence-electron chi connectivity index (χ4n) is 2.06. The molecule has 0 aromatic carbocycles. The van der Waals surface area contributed by atoms with E-state index >= 15 is 0 Å². The van der Waals surface area contributed by atoms with Crippen LogP contribution in [0.2, 0.25) is 0 Å². The molecular weight excluding hydrogens is 310 g/mol. The quantitative estimate of drug-likeness (QED) is 0.641. The van der Waals surface area contributed by atoms with Gasteiger partial charge in [0.1, 0.15) is 6.33 Å². The molecule has 0 atom stereocenters. The number of aryl methyl sites for hydroxylation is 1. The molecule has 3 aromatic rings. The highest BCUT2D eigenvalue weighted by molar-refractivity contribution is 5.92. The second-order valence-corrected chi connectivity index (χ2v) is 4.94. The van der Waals surface area contributed by atoms with Crippen LogP contribution in [-0.2, 0) is 6.54 Å². The lowest BCUT2D eigenvalue weighted by atomic mass is 10.3. The van der Waals surface area contributed by atoms with E-state index in [4.69, 9.17) is 0 Å². The number of nitrogens with zero attached hydrogens (tertiary/aromatic N) is 6. The summed E-state index contributed by atoms with van der Waals surface area (Å²) in [6, 6.07) is 6.33. The Labute approximate surface area is 137 Å². The first kappa shape index (κ1) is 15.5. The summed E-state index contributed by atoms with van der Waals surface area (Å²) in [7, 11) is 0. The van der Waals surface area contributed by atoms with E-state index < -0.39 is 0 Å². The Balaban J connectivity index is 1.50. The van der Waals surface area contributed by atoms with Gasteiger partial charge in [0.2, 0.25) is 0 Å². The van der Waals surface area contributed by atoms with E-state index in [0.29, 0.717) is 25.3 Å². The monoisotopic (exact) mass is 325 g/mol. The van der Waals surface area contributed by atoms with Crippen molar-refractivity contribution in [2.75, 3.05) is 6.54 Å². The summed E-state index contributed by atoms with van der Waals surface area (Å²) >= 11 is 0. The van der Waals surface area contributed by atoms with Gasteiger partial charge in [-0.1, -0.05) is 0 Å². The first-order chi connectivity index (χ1) is 11.7. The smallest absolute Gasteiger partial charge is 0.271 e. The van der Waals surface area contributed by atoms with Crippen molar-refractivity contribution in [2.24, 2.45) is 0 Å². The molecule has 0 aliphatic carbocycles. The van der Waals surface area contributed by atoms with Gasteiger partial charge >= 0.3 is 0 Å². The zero-order chi connectivity index (χ0) is 16.8. The lowest BCUT2D eigenvalue weighted by Gasteiger charge is -2.06. The highest BCUT2D eigenvalue weighted by Gasteiger charge is 2.08. The van der Waals surface area contributed by atoms with E-state index in [2.05, 4.69) is 25.6 Å². The molecule has 122 valence electrons. The molecule has 0 fully saturated rings. The number of nitrogens with one attached hydrogen (secondary N) is 1. The molecule has 0 aliphatic heterocycles. The maximum Gasteiger partial charge on any atom is 0.271 e. The van der Waals surface area contributed by atoms with E-state index in [9.17, 15) is 9.59 Å². The molecule has 0 radical (unpaired) electrons. The molecular formula is C15H15N7O2. The van der Waals surface area contributed by atoms with Crippen molar-refractivity contribution in [3.8, 4) is 5.82 Å². The third-order valence-corrected chi connectivity index (χ3v) is 3.27. The first-order valence-corrected chi connectivity index (χ1v) is 7.36. The minimum atomic E-state index is -0.312. The van der Waals surface area contributed by atoms with E-state index in [0.717, 1.165) is 0 Å². The van der Waals surface area contributed by atoms with Gasteiger partial charge < -0.3 is 5.32 Å². The summed E-state index contributed by atoms with van der Waals surface area (Å²) in [5.74, 6) is 0.270. The Kier molecular flexibility index (Phi) is 4.70. The maximum atomic E-state index is 12.0. The molecule has 1 amide bonds. The van der Waals surface area contributed by atoms with Gasteiger partial charge in [-0.05, 0) is 24.6 Å². The van der Waals surface area contributed by atoms with E-state index in [1.807, 2.05) is 0 Å². The van der Waals surface area contributed by atoms with Crippen LogP contribution in [0.4, 0.5) is 0 Å². The number of imidazole rings is 1. The van der Waals surface area contributed by atoms with Crippen molar-refractivity contribution in [2.45, 2.75) is 13.0 Å². The van der Waals surface area contributed by atoms with Gasteiger partial charge in [-0.15, -0.1) is 10.2 Å². The van der Waals surface area contributed by atoms with Crippen molar-refractivity contribution in [1.29, 1.82) is 0 Å². The maximum absolute atomic E-state index is 12.0. The molecule has 0 saturated heterocycles. The van der Waals surface area contributed by atoms with Crippen LogP contribution in [0.25, 0.3) is 5.82 Å². The van der Waals surface area contributed by atoms with Crippen LogP contribution in [0.15, 0.2) is 54.0 Å². The molecule has 9 heteroatoms. The third kappa shape index (κ3) is 3.69. The van der Waals surface area contributed by atoms with Crippen molar-refractivity contribution in [3.63, 3.8) is 0 Å². The Bertz CT molecular complexity index is 856. The standard InChI is InChI=1S/C15H15N7O2/c23-14-3-1-7-18-22(14)9-2-6-17-15(24)12-4-5-13(20-19-12)21-10-8-16-11-21/h1,3-5,7-8,10-11H,2,6,9H2,(H,17,24). The molecule has 0 bridgehead atoms. The lowest BCUT2D eigenvalue weighted by Crippen LogP contribution is -2.28. The summed E-state index contributed by atoms with van der Waals surface area (Å²) < 4.78 is 3.05.